The molecular formula is C25H26F3NO. The van der Waals surface area contributed by atoms with Crippen molar-refractivity contribution in [1.82, 2.24) is 4.90 Å². The zero-order valence-electron chi connectivity index (χ0n) is 17.0. The molecule has 0 spiro atoms. The topological polar surface area (TPSA) is 12.5 Å². The monoisotopic (exact) mass is 413 g/mol. The van der Waals surface area contributed by atoms with E-state index in [0.29, 0.717) is 12.4 Å². The van der Waals surface area contributed by atoms with Gasteiger partial charge < -0.3 is 4.74 Å². The first-order valence-electron chi connectivity index (χ1n) is 10.0. The normalized spacial score (nSPS) is 11.6. The van der Waals surface area contributed by atoms with E-state index in [1.54, 1.807) is 0 Å². The van der Waals surface area contributed by atoms with Crippen LogP contribution in [-0.4, -0.2) is 18.1 Å². The molecule has 0 saturated carbocycles. The second kappa shape index (κ2) is 10.3. The highest BCUT2D eigenvalue weighted by atomic mass is 19.4. The molecule has 3 aromatic rings. The Bertz CT molecular complexity index is 908. The van der Waals surface area contributed by atoms with Crippen LogP contribution in [0.1, 0.15) is 28.7 Å². The fourth-order valence-corrected chi connectivity index (χ4v) is 3.30. The number of benzene rings is 3. The standard InChI is InChI=1S/C25H26F3NO/c1-20-8-5-6-11-22(20)19-29(18-21-9-3-2-4-10-21)16-7-17-30-24-14-12-23(13-15-24)25(26,27)28/h2-6,8-15H,7,16-19H2,1H3. The Hall–Kier alpha value is -2.79. The molecule has 5 heteroatoms. The highest BCUT2D eigenvalue weighted by molar-refractivity contribution is 5.29. The highest BCUT2D eigenvalue weighted by Gasteiger charge is 2.30. The molecule has 30 heavy (non-hydrogen) atoms. The van der Waals surface area contributed by atoms with Crippen LogP contribution in [-0.2, 0) is 19.3 Å². The molecule has 0 radical (unpaired) electrons. The lowest BCUT2D eigenvalue weighted by Crippen LogP contribution is -2.25. The highest BCUT2D eigenvalue weighted by Crippen LogP contribution is 2.30. The third kappa shape index (κ3) is 6.63. The Morgan fingerprint density at radius 1 is 0.800 bits per heavy atom. The summed E-state index contributed by atoms with van der Waals surface area (Å²) in [5.41, 5.74) is 3.13. The number of halogens is 3. The van der Waals surface area contributed by atoms with Crippen molar-refractivity contribution in [2.75, 3.05) is 13.2 Å². The van der Waals surface area contributed by atoms with E-state index >= 15 is 0 Å². The van der Waals surface area contributed by atoms with Gasteiger partial charge in [0.1, 0.15) is 5.75 Å². The van der Waals surface area contributed by atoms with Crippen LogP contribution < -0.4 is 4.74 Å². The van der Waals surface area contributed by atoms with E-state index in [1.807, 2.05) is 24.3 Å². The van der Waals surface area contributed by atoms with Crippen molar-refractivity contribution in [3.63, 3.8) is 0 Å². The maximum absolute atomic E-state index is 12.7. The fourth-order valence-electron chi connectivity index (χ4n) is 3.30. The molecule has 0 heterocycles. The first-order valence-corrected chi connectivity index (χ1v) is 10.0. The summed E-state index contributed by atoms with van der Waals surface area (Å²) in [5, 5.41) is 0. The van der Waals surface area contributed by atoms with Gasteiger partial charge in [0, 0.05) is 19.6 Å². The van der Waals surface area contributed by atoms with Crippen LogP contribution >= 0.6 is 0 Å². The number of alkyl halides is 3. The predicted octanol–water partition coefficient (Wildman–Crippen LogP) is 6.49. The molecule has 3 aromatic carbocycles. The molecule has 0 aliphatic rings. The number of aryl methyl sites for hydroxylation is 1. The Labute approximate surface area is 175 Å². The second-order valence-corrected chi connectivity index (χ2v) is 7.35. The lowest BCUT2D eigenvalue weighted by atomic mass is 10.1. The van der Waals surface area contributed by atoms with Crippen LogP contribution in [0.4, 0.5) is 13.2 Å². The maximum atomic E-state index is 12.7. The molecule has 0 aliphatic carbocycles. The lowest BCUT2D eigenvalue weighted by molar-refractivity contribution is -0.137. The molecular weight excluding hydrogens is 387 g/mol. The molecule has 0 saturated heterocycles. The molecule has 0 atom stereocenters. The van der Waals surface area contributed by atoms with Crippen molar-refractivity contribution < 1.29 is 17.9 Å². The van der Waals surface area contributed by atoms with Gasteiger partial charge in [0.05, 0.1) is 12.2 Å². The van der Waals surface area contributed by atoms with Gasteiger partial charge in [-0.1, -0.05) is 54.6 Å². The molecule has 0 N–H and O–H groups in total. The number of ether oxygens (including phenoxy) is 1. The van der Waals surface area contributed by atoms with Crippen LogP contribution in [0, 0.1) is 6.92 Å². The summed E-state index contributed by atoms with van der Waals surface area (Å²) in [6.45, 7) is 5.05. The third-order valence-corrected chi connectivity index (χ3v) is 4.97. The van der Waals surface area contributed by atoms with E-state index in [1.165, 1.54) is 28.8 Å². The Kier molecular flexibility index (Phi) is 7.52. The van der Waals surface area contributed by atoms with Crippen LogP contribution in [0.5, 0.6) is 5.75 Å². The largest absolute Gasteiger partial charge is 0.494 e. The van der Waals surface area contributed by atoms with Crippen molar-refractivity contribution in [2.24, 2.45) is 0 Å². The first-order chi connectivity index (χ1) is 14.4. The van der Waals surface area contributed by atoms with Gasteiger partial charge in [-0.3, -0.25) is 4.90 Å². The number of rotatable bonds is 9. The van der Waals surface area contributed by atoms with Crippen LogP contribution in [0.25, 0.3) is 0 Å². The lowest BCUT2D eigenvalue weighted by Gasteiger charge is -2.23. The molecule has 0 fully saturated rings. The smallest absolute Gasteiger partial charge is 0.416 e. The summed E-state index contributed by atoms with van der Waals surface area (Å²) in [6.07, 6.45) is -3.55. The average molecular weight is 413 g/mol. The predicted molar refractivity (Wildman–Crippen MR) is 113 cm³/mol. The quantitative estimate of drug-likeness (QED) is 0.372. The molecule has 0 bridgehead atoms. The van der Waals surface area contributed by atoms with Crippen LogP contribution in [0.15, 0.2) is 78.9 Å². The van der Waals surface area contributed by atoms with Gasteiger partial charge in [-0.25, -0.2) is 0 Å². The summed E-state index contributed by atoms with van der Waals surface area (Å²) in [4.78, 5) is 2.37. The number of nitrogens with zero attached hydrogens (tertiary/aromatic N) is 1. The minimum atomic E-state index is -4.33. The van der Waals surface area contributed by atoms with Crippen molar-refractivity contribution in [3.05, 3.63) is 101 Å². The minimum absolute atomic E-state index is 0.449. The van der Waals surface area contributed by atoms with E-state index in [2.05, 4.69) is 42.2 Å². The Morgan fingerprint density at radius 2 is 1.47 bits per heavy atom. The van der Waals surface area contributed by atoms with E-state index in [-0.39, 0.29) is 0 Å². The average Bonchev–Trinajstić information content (AvgIpc) is 2.73. The summed E-state index contributed by atoms with van der Waals surface area (Å²) in [5.74, 6) is 0.455. The van der Waals surface area contributed by atoms with E-state index in [4.69, 9.17) is 4.74 Å². The van der Waals surface area contributed by atoms with Gasteiger partial charge in [0.15, 0.2) is 0 Å². The van der Waals surface area contributed by atoms with Crippen LogP contribution in [0.2, 0.25) is 0 Å². The number of hydrogen-bond acceptors (Lipinski definition) is 2. The van der Waals surface area contributed by atoms with Gasteiger partial charge in [0.2, 0.25) is 0 Å². The van der Waals surface area contributed by atoms with Gasteiger partial charge >= 0.3 is 6.18 Å². The third-order valence-electron chi connectivity index (χ3n) is 4.97. The van der Waals surface area contributed by atoms with Gasteiger partial charge in [0.25, 0.3) is 0 Å². The summed E-state index contributed by atoms with van der Waals surface area (Å²) >= 11 is 0. The van der Waals surface area contributed by atoms with Gasteiger partial charge in [-0.15, -0.1) is 0 Å². The molecule has 0 aromatic heterocycles. The molecule has 2 nitrogen and oxygen atoms in total. The van der Waals surface area contributed by atoms with E-state index in [9.17, 15) is 13.2 Å². The Morgan fingerprint density at radius 3 is 2.13 bits per heavy atom. The maximum Gasteiger partial charge on any atom is 0.416 e. The zero-order chi connectivity index (χ0) is 21.4. The molecule has 0 amide bonds. The van der Waals surface area contributed by atoms with Crippen molar-refractivity contribution in [3.8, 4) is 5.75 Å². The van der Waals surface area contributed by atoms with Gasteiger partial charge in [-0.05, 0) is 54.3 Å². The van der Waals surface area contributed by atoms with Crippen LogP contribution in [0.3, 0.4) is 0 Å². The summed E-state index contributed by atoms with van der Waals surface area (Å²) < 4.78 is 43.6. The molecule has 0 unspecified atom stereocenters. The van der Waals surface area contributed by atoms with Crippen molar-refractivity contribution in [2.45, 2.75) is 32.6 Å². The van der Waals surface area contributed by atoms with Crippen molar-refractivity contribution in [1.29, 1.82) is 0 Å². The van der Waals surface area contributed by atoms with Gasteiger partial charge in [-0.2, -0.15) is 13.2 Å². The molecule has 158 valence electrons. The Balaban J connectivity index is 1.55. The van der Waals surface area contributed by atoms with Crippen molar-refractivity contribution >= 4 is 0 Å². The molecule has 3 rings (SSSR count). The minimum Gasteiger partial charge on any atom is -0.494 e. The summed E-state index contributed by atoms with van der Waals surface area (Å²) in [6, 6.07) is 23.5. The first kappa shape index (κ1) is 21.9. The molecule has 0 aliphatic heterocycles. The fraction of sp³-hybridized carbons (Fsp3) is 0.280. The zero-order valence-corrected chi connectivity index (χ0v) is 17.0. The second-order valence-electron chi connectivity index (χ2n) is 7.35. The van der Waals surface area contributed by atoms with E-state index in [0.717, 1.165) is 38.2 Å². The SMILES string of the molecule is Cc1ccccc1CN(CCCOc1ccc(C(F)(F)F)cc1)Cc1ccccc1. The number of hydrogen-bond donors (Lipinski definition) is 0. The van der Waals surface area contributed by atoms with E-state index < -0.39 is 11.7 Å². The summed E-state index contributed by atoms with van der Waals surface area (Å²) in [7, 11) is 0.